The van der Waals surface area contributed by atoms with Gasteiger partial charge in [-0.3, -0.25) is 0 Å². The molecule has 0 rings (SSSR count). The topological polar surface area (TPSA) is 0 Å². The molecule has 18 heavy (non-hydrogen) atoms. The van der Waals surface area contributed by atoms with Crippen molar-refractivity contribution in [3.63, 3.8) is 0 Å². The molecule has 0 unspecified atom stereocenters. The average molecular weight is 363 g/mol. The Kier molecular flexibility index (Phi) is 21.3. The van der Waals surface area contributed by atoms with Crippen molar-refractivity contribution in [1.82, 2.24) is 0 Å². The van der Waals surface area contributed by atoms with Crippen LogP contribution in [0.5, 0.6) is 0 Å². The first-order chi connectivity index (χ1) is 8.91. The second-order valence-electron chi connectivity index (χ2n) is 3.60. The summed E-state index contributed by atoms with van der Waals surface area (Å²) in [5.41, 5.74) is 0. The molecule has 0 aromatic carbocycles. The second-order valence-corrected chi connectivity index (χ2v) is 9.40. The Morgan fingerprint density at radius 2 is 0.722 bits per heavy atom. The van der Waals surface area contributed by atoms with Gasteiger partial charge in [0.05, 0.1) is 0 Å². The van der Waals surface area contributed by atoms with Gasteiger partial charge in [0.15, 0.2) is 0 Å². The first kappa shape index (κ1) is 20.1. The monoisotopic (exact) mass is 362 g/mol. The third kappa shape index (κ3) is 18.1. The van der Waals surface area contributed by atoms with Crippen molar-refractivity contribution in [2.75, 3.05) is 57.5 Å². The summed E-state index contributed by atoms with van der Waals surface area (Å²) in [5.74, 6) is 12.5. The molecule has 0 fully saturated rings. The smallest absolute Gasteiger partial charge is 0.00238 e. The SMILES string of the molecule is SCCCSCCSCCSCCSCCCS. The normalized spacial score (nSPS) is 11.0. The minimum atomic E-state index is 1.03. The predicted octanol–water partition coefficient (Wildman–Crippen LogP) is 4.56. The fourth-order valence-electron chi connectivity index (χ4n) is 1.10. The van der Waals surface area contributed by atoms with Crippen molar-refractivity contribution in [3.8, 4) is 0 Å². The van der Waals surface area contributed by atoms with Crippen LogP contribution >= 0.6 is 72.3 Å². The molecule has 0 saturated heterocycles. The van der Waals surface area contributed by atoms with Crippen LogP contribution in [0.15, 0.2) is 0 Å². The van der Waals surface area contributed by atoms with Gasteiger partial charge >= 0.3 is 0 Å². The molecule has 0 aromatic rings. The highest BCUT2D eigenvalue weighted by molar-refractivity contribution is 8.05. The molecule has 0 N–H and O–H groups in total. The lowest BCUT2D eigenvalue weighted by molar-refractivity contribution is 1.13. The maximum absolute atomic E-state index is 4.21. The minimum Gasteiger partial charge on any atom is -0.179 e. The van der Waals surface area contributed by atoms with Crippen LogP contribution < -0.4 is 0 Å². The molecule has 0 radical (unpaired) electrons. The summed E-state index contributed by atoms with van der Waals surface area (Å²) in [5, 5.41) is 0. The van der Waals surface area contributed by atoms with Crippen LogP contribution in [0.4, 0.5) is 0 Å². The van der Waals surface area contributed by atoms with E-state index in [0.717, 1.165) is 11.5 Å². The molecule has 0 atom stereocenters. The lowest BCUT2D eigenvalue weighted by Crippen LogP contribution is -1.94. The van der Waals surface area contributed by atoms with Crippen LogP contribution in [0, 0.1) is 0 Å². The molecule has 110 valence electrons. The third-order valence-electron chi connectivity index (χ3n) is 2.01. The molecular formula is C12H26S6. The van der Waals surface area contributed by atoms with Crippen LogP contribution in [-0.2, 0) is 0 Å². The first-order valence-electron chi connectivity index (χ1n) is 6.44. The van der Waals surface area contributed by atoms with E-state index in [1.165, 1.54) is 58.9 Å². The number of hydrogen-bond donors (Lipinski definition) is 2. The van der Waals surface area contributed by atoms with Crippen molar-refractivity contribution in [2.24, 2.45) is 0 Å². The number of thioether (sulfide) groups is 4. The molecular weight excluding hydrogens is 337 g/mol. The van der Waals surface area contributed by atoms with Crippen molar-refractivity contribution in [2.45, 2.75) is 12.8 Å². The van der Waals surface area contributed by atoms with Gasteiger partial charge in [0.25, 0.3) is 0 Å². The summed E-state index contributed by atoms with van der Waals surface area (Å²) < 4.78 is 0. The first-order valence-corrected chi connectivity index (χ1v) is 12.3. The molecule has 0 aromatic heterocycles. The van der Waals surface area contributed by atoms with Crippen LogP contribution in [-0.4, -0.2) is 57.5 Å². The van der Waals surface area contributed by atoms with E-state index >= 15 is 0 Å². The van der Waals surface area contributed by atoms with Gasteiger partial charge in [-0.05, 0) is 35.9 Å². The summed E-state index contributed by atoms with van der Waals surface area (Å²) in [6, 6.07) is 0. The summed E-state index contributed by atoms with van der Waals surface area (Å²) in [7, 11) is 0. The van der Waals surface area contributed by atoms with Crippen LogP contribution in [0.25, 0.3) is 0 Å². The molecule has 0 aliphatic heterocycles. The molecule has 0 heterocycles. The number of thiol groups is 2. The highest BCUT2D eigenvalue weighted by Crippen LogP contribution is 2.12. The Balaban J connectivity index is 2.86. The lowest BCUT2D eigenvalue weighted by atomic mass is 10.6. The van der Waals surface area contributed by atoms with Gasteiger partial charge in [0.1, 0.15) is 0 Å². The summed E-state index contributed by atoms with van der Waals surface area (Å²) in [6.45, 7) is 0. The van der Waals surface area contributed by atoms with Crippen molar-refractivity contribution >= 4 is 72.3 Å². The van der Waals surface area contributed by atoms with Crippen molar-refractivity contribution in [3.05, 3.63) is 0 Å². The standard InChI is InChI=1S/C12H26S6/c13-3-1-5-15-7-9-17-11-12-18-10-8-16-6-2-4-14/h13-14H,1-12H2. The van der Waals surface area contributed by atoms with Gasteiger partial charge in [0, 0.05) is 34.5 Å². The van der Waals surface area contributed by atoms with Crippen LogP contribution in [0.2, 0.25) is 0 Å². The van der Waals surface area contributed by atoms with Gasteiger partial charge in [-0.25, -0.2) is 0 Å². The summed E-state index contributed by atoms with van der Waals surface area (Å²) >= 11 is 16.8. The quantitative estimate of drug-likeness (QED) is 0.323. The zero-order chi connectivity index (χ0) is 13.3. The highest BCUT2D eigenvalue weighted by atomic mass is 32.2. The van der Waals surface area contributed by atoms with Gasteiger partial charge in [-0.2, -0.15) is 72.3 Å². The van der Waals surface area contributed by atoms with E-state index < -0.39 is 0 Å². The maximum Gasteiger partial charge on any atom is 0.00238 e. The Hall–Kier alpha value is 2.10. The summed E-state index contributed by atoms with van der Waals surface area (Å²) in [6.07, 6.45) is 2.50. The number of rotatable bonds is 15. The Labute approximate surface area is 142 Å². The zero-order valence-electron chi connectivity index (χ0n) is 11.0. The molecule has 0 nitrogen and oxygen atoms in total. The molecule has 0 amide bonds. The Morgan fingerprint density at radius 3 is 1.00 bits per heavy atom. The number of hydrogen-bond acceptors (Lipinski definition) is 6. The van der Waals surface area contributed by atoms with E-state index in [2.05, 4.69) is 72.3 Å². The van der Waals surface area contributed by atoms with E-state index in [0.29, 0.717) is 0 Å². The van der Waals surface area contributed by atoms with Crippen molar-refractivity contribution < 1.29 is 0 Å². The average Bonchev–Trinajstić information content (AvgIpc) is 2.39. The van der Waals surface area contributed by atoms with Gasteiger partial charge in [-0.1, -0.05) is 0 Å². The third-order valence-corrected chi connectivity index (χ3v) is 7.53. The lowest BCUT2D eigenvalue weighted by Gasteiger charge is -2.03. The molecule has 0 bridgehead atoms. The fourth-order valence-corrected chi connectivity index (χ4v) is 6.18. The van der Waals surface area contributed by atoms with Gasteiger partial charge in [-0.15, -0.1) is 0 Å². The zero-order valence-corrected chi connectivity index (χ0v) is 16.1. The molecule has 6 heteroatoms. The predicted molar refractivity (Wildman–Crippen MR) is 106 cm³/mol. The van der Waals surface area contributed by atoms with E-state index in [1.54, 1.807) is 0 Å². The van der Waals surface area contributed by atoms with Gasteiger partial charge in [0.2, 0.25) is 0 Å². The molecule has 0 spiro atoms. The van der Waals surface area contributed by atoms with Crippen LogP contribution in [0.3, 0.4) is 0 Å². The largest absolute Gasteiger partial charge is 0.179 e. The Bertz CT molecular complexity index is 129. The van der Waals surface area contributed by atoms with E-state index in [4.69, 9.17) is 0 Å². The van der Waals surface area contributed by atoms with Crippen molar-refractivity contribution in [1.29, 1.82) is 0 Å². The molecule has 0 aliphatic carbocycles. The maximum atomic E-state index is 4.21. The Morgan fingerprint density at radius 1 is 0.444 bits per heavy atom. The van der Waals surface area contributed by atoms with E-state index in [9.17, 15) is 0 Å². The summed E-state index contributed by atoms with van der Waals surface area (Å²) in [4.78, 5) is 0. The minimum absolute atomic E-state index is 1.03. The van der Waals surface area contributed by atoms with E-state index in [-0.39, 0.29) is 0 Å². The van der Waals surface area contributed by atoms with Crippen LogP contribution in [0.1, 0.15) is 12.8 Å². The van der Waals surface area contributed by atoms with E-state index in [1.807, 2.05) is 0 Å². The fraction of sp³-hybridized carbons (Fsp3) is 1.00. The molecule has 0 aliphatic rings. The van der Waals surface area contributed by atoms with Gasteiger partial charge < -0.3 is 0 Å². The molecule has 0 saturated carbocycles. The second kappa shape index (κ2) is 19.1. The highest BCUT2D eigenvalue weighted by Gasteiger charge is 1.93.